The molecule has 16 heavy (non-hydrogen) atoms. The monoisotopic (exact) mass is 230 g/mol. The molecule has 0 radical (unpaired) electrons. The SMILES string of the molecule is CC(C)(C)OOCOCCC1CCCCC1. The summed E-state index contributed by atoms with van der Waals surface area (Å²) in [7, 11) is 0. The van der Waals surface area contributed by atoms with Gasteiger partial charge in [-0.15, -0.1) is 0 Å². The standard InChI is InChI=1S/C13H26O3/c1-13(2,3)16-15-11-14-10-9-12-7-5-4-6-8-12/h12H,4-11H2,1-3H3. The molecular weight excluding hydrogens is 204 g/mol. The maximum atomic E-state index is 5.38. The molecule has 0 amide bonds. The third kappa shape index (κ3) is 7.20. The molecule has 0 aromatic carbocycles. The van der Waals surface area contributed by atoms with Crippen LogP contribution in [0.15, 0.2) is 0 Å². The molecule has 0 aliphatic heterocycles. The third-order valence-electron chi connectivity index (χ3n) is 2.84. The van der Waals surface area contributed by atoms with Gasteiger partial charge < -0.3 is 4.74 Å². The molecule has 0 aromatic rings. The van der Waals surface area contributed by atoms with E-state index in [1.165, 1.54) is 38.5 Å². The van der Waals surface area contributed by atoms with Crippen LogP contribution in [0, 0.1) is 5.92 Å². The van der Waals surface area contributed by atoms with E-state index in [0.717, 1.165) is 12.5 Å². The lowest BCUT2D eigenvalue weighted by Gasteiger charge is -2.21. The smallest absolute Gasteiger partial charge is 0.180 e. The van der Waals surface area contributed by atoms with Crippen molar-refractivity contribution >= 4 is 0 Å². The molecule has 3 nitrogen and oxygen atoms in total. The molecule has 0 bridgehead atoms. The van der Waals surface area contributed by atoms with E-state index in [4.69, 9.17) is 14.5 Å². The van der Waals surface area contributed by atoms with Gasteiger partial charge in [0.15, 0.2) is 6.79 Å². The van der Waals surface area contributed by atoms with Gasteiger partial charge in [0.1, 0.15) is 0 Å². The first-order chi connectivity index (χ1) is 7.58. The number of ether oxygens (including phenoxy) is 1. The summed E-state index contributed by atoms with van der Waals surface area (Å²) in [5.41, 5.74) is -0.257. The minimum atomic E-state index is -0.257. The van der Waals surface area contributed by atoms with Crippen LogP contribution in [-0.2, 0) is 14.5 Å². The predicted molar refractivity (Wildman–Crippen MR) is 63.9 cm³/mol. The summed E-state index contributed by atoms with van der Waals surface area (Å²) in [4.78, 5) is 10.1. The van der Waals surface area contributed by atoms with E-state index in [1.54, 1.807) is 0 Å². The molecule has 0 spiro atoms. The zero-order valence-corrected chi connectivity index (χ0v) is 11.0. The highest BCUT2D eigenvalue weighted by molar-refractivity contribution is 4.65. The number of hydrogen-bond donors (Lipinski definition) is 0. The summed E-state index contributed by atoms with van der Waals surface area (Å²) < 4.78 is 5.38. The second-order valence-electron chi connectivity index (χ2n) is 5.63. The molecule has 1 aliphatic carbocycles. The Bertz CT molecular complexity index is 169. The molecular formula is C13H26O3. The number of rotatable bonds is 6. The lowest BCUT2D eigenvalue weighted by molar-refractivity contribution is -0.380. The molecule has 3 heteroatoms. The Morgan fingerprint density at radius 2 is 1.75 bits per heavy atom. The average Bonchev–Trinajstić information content (AvgIpc) is 2.23. The van der Waals surface area contributed by atoms with E-state index < -0.39 is 0 Å². The van der Waals surface area contributed by atoms with Gasteiger partial charge in [-0.2, -0.15) is 0 Å². The summed E-state index contributed by atoms with van der Waals surface area (Å²) in [6.45, 7) is 6.89. The zero-order valence-electron chi connectivity index (χ0n) is 11.0. The molecule has 0 aromatic heterocycles. The molecule has 0 atom stereocenters. The van der Waals surface area contributed by atoms with Gasteiger partial charge in [0.2, 0.25) is 0 Å². The van der Waals surface area contributed by atoms with E-state index in [2.05, 4.69) is 0 Å². The molecule has 1 fully saturated rings. The molecule has 0 saturated heterocycles. The summed E-state index contributed by atoms with van der Waals surface area (Å²) in [5, 5.41) is 0. The van der Waals surface area contributed by atoms with E-state index in [1.807, 2.05) is 20.8 Å². The predicted octanol–water partition coefficient (Wildman–Crippen LogP) is 3.68. The second kappa shape index (κ2) is 7.25. The van der Waals surface area contributed by atoms with Crippen molar-refractivity contribution in [2.75, 3.05) is 13.4 Å². The van der Waals surface area contributed by atoms with Crippen molar-refractivity contribution in [1.29, 1.82) is 0 Å². The zero-order chi connectivity index (χ0) is 11.9. The molecule has 1 rings (SSSR count). The largest absolute Gasteiger partial charge is 0.352 e. The highest BCUT2D eigenvalue weighted by Gasteiger charge is 2.13. The van der Waals surface area contributed by atoms with Crippen molar-refractivity contribution in [2.45, 2.75) is 64.9 Å². The first-order valence-electron chi connectivity index (χ1n) is 6.46. The average molecular weight is 230 g/mol. The number of hydrogen-bond acceptors (Lipinski definition) is 3. The van der Waals surface area contributed by atoms with Gasteiger partial charge >= 0.3 is 0 Å². The van der Waals surface area contributed by atoms with Crippen molar-refractivity contribution in [2.24, 2.45) is 5.92 Å². The fourth-order valence-electron chi connectivity index (χ4n) is 2.02. The van der Waals surface area contributed by atoms with Gasteiger partial charge in [0.25, 0.3) is 0 Å². The maximum absolute atomic E-state index is 5.38. The Morgan fingerprint density at radius 1 is 1.06 bits per heavy atom. The summed E-state index contributed by atoms with van der Waals surface area (Å²) >= 11 is 0. The third-order valence-corrected chi connectivity index (χ3v) is 2.84. The van der Waals surface area contributed by atoms with Crippen molar-refractivity contribution in [3.05, 3.63) is 0 Å². The van der Waals surface area contributed by atoms with Gasteiger partial charge in [-0.25, -0.2) is 9.78 Å². The Morgan fingerprint density at radius 3 is 2.38 bits per heavy atom. The molecule has 1 saturated carbocycles. The Hall–Kier alpha value is -0.120. The van der Waals surface area contributed by atoms with Crippen molar-refractivity contribution in [3.8, 4) is 0 Å². The molecule has 96 valence electrons. The fourth-order valence-corrected chi connectivity index (χ4v) is 2.02. The lowest BCUT2D eigenvalue weighted by Crippen LogP contribution is -2.20. The summed E-state index contributed by atoms with van der Waals surface area (Å²) in [5.74, 6) is 0.872. The van der Waals surface area contributed by atoms with Crippen LogP contribution in [-0.4, -0.2) is 19.0 Å². The maximum Gasteiger partial charge on any atom is 0.180 e. The van der Waals surface area contributed by atoms with Gasteiger partial charge in [0.05, 0.1) is 5.60 Å². The highest BCUT2D eigenvalue weighted by atomic mass is 17.2. The van der Waals surface area contributed by atoms with Gasteiger partial charge in [-0.3, -0.25) is 0 Å². The quantitative estimate of drug-likeness (QED) is 0.301. The Labute approximate surface area is 99.4 Å². The van der Waals surface area contributed by atoms with Crippen LogP contribution >= 0.6 is 0 Å². The van der Waals surface area contributed by atoms with Crippen LogP contribution in [0.2, 0.25) is 0 Å². The topological polar surface area (TPSA) is 27.7 Å². The van der Waals surface area contributed by atoms with Crippen LogP contribution in [0.4, 0.5) is 0 Å². The van der Waals surface area contributed by atoms with E-state index in [9.17, 15) is 0 Å². The van der Waals surface area contributed by atoms with Crippen molar-refractivity contribution < 1.29 is 14.5 Å². The fraction of sp³-hybridized carbons (Fsp3) is 1.00. The lowest BCUT2D eigenvalue weighted by atomic mass is 9.87. The van der Waals surface area contributed by atoms with Gasteiger partial charge in [0, 0.05) is 6.61 Å². The first-order valence-corrected chi connectivity index (χ1v) is 6.46. The second-order valence-corrected chi connectivity index (χ2v) is 5.63. The molecule has 0 N–H and O–H groups in total. The molecule has 0 heterocycles. The van der Waals surface area contributed by atoms with Crippen molar-refractivity contribution in [3.63, 3.8) is 0 Å². The molecule has 1 aliphatic rings. The van der Waals surface area contributed by atoms with Crippen molar-refractivity contribution in [1.82, 2.24) is 0 Å². The van der Waals surface area contributed by atoms with E-state index >= 15 is 0 Å². The minimum Gasteiger partial charge on any atom is -0.352 e. The Kier molecular flexibility index (Phi) is 6.32. The van der Waals surface area contributed by atoms with Crippen LogP contribution < -0.4 is 0 Å². The van der Waals surface area contributed by atoms with Crippen LogP contribution in [0.1, 0.15) is 59.3 Å². The van der Waals surface area contributed by atoms with Crippen LogP contribution in [0.3, 0.4) is 0 Å². The first kappa shape index (κ1) is 13.9. The van der Waals surface area contributed by atoms with E-state index in [0.29, 0.717) is 0 Å². The molecule has 0 unspecified atom stereocenters. The van der Waals surface area contributed by atoms with E-state index in [-0.39, 0.29) is 12.4 Å². The van der Waals surface area contributed by atoms with Crippen LogP contribution in [0.25, 0.3) is 0 Å². The minimum absolute atomic E-state index is 0.240. The normalized spacial score (nSPS) is 18.9. The Balaban J connectivity index is 1.87. The summed E-state index contributed by atoms with van der Waals surface area (Å²) in [6.07, 6.45) is 8.13. The van der Waals surface area contributed by atoms with Gasteiger partial charge in [-0.1, -0.05) is 32.1 Å². The highest BCUT2D eigenvalue weighted by Crippen LogP contribution is 2.26. The summed E-state index contributed by atoms with van der Waals surface area (Å²) in [6, 6.07) is 0. The van der Waals surface area contributed by atoms with Crippen LogP contribution in [0.5, 0.6) is 0 Å². The van der Waals surface area contributed by atoms with Gasteiger partial charge in [-0.05, 0) is 33.1 Å².